The summed E-state index contributed by atoms with van der Waals surface area (Å²) in [4.78, 5) is 20.2. The fraction of sp³-hybridized carbons (Fsp3) is 0.417. The molecule has 0 aliphatic carbocycles. The van der Waals surface area contributed by atoms with Gasteiger partial charge in [-0.25, -0.2) is 9.97 Å². The van der Waals surface area contributed by atoms with Gasteiger partial charge in [-0.05, 0) is 13.5 Å². The molecule has 7 heteroatoms. The van der Waals surface area contributed by atoms with Crippen molar-refractivity contribution in [2.24, 2.45) is 5.73 Å². The Morgan fingerprint density at radius 1 is 1.63 bits per heavy atom. The van der Waals surface area contributed by atoms with Gasteiger partial charge in [-0.2, -0.15) is 0 Å². The van der Waals surface area contributed by atoms with Crippen LogP contribution in [0.5, 0.6) is 0 Å². The van der Waals surface area contributed by atoms with Crippen LogP contribution in [0.1, 0.15) is 22.4 Å². The summed E-state index contributed by atoms with van der Waals surface area (Å²) in [7, 11) is 0. The van der Waals surface area contributed by atoms with Crippen LogP contribution in [0.2, 0.25) is 0 Å². The number of hydrogen-bond donors (Lipinski definition) is 2. The molecule has 0 radical (unpaired) electrons. The van der Waals surface area contributed by atoms with E-state index in [1.165, 1.54) is 11.3 Å². The van der Waals surface area contributed by atoms with Crippen molar-refractivity contribution in [3.05, 3.63) is 34.8 Å². The molecule has 1 unspecified atom stereocenters. The molecule has 6 nitrogen and oxygen atoms in total. The number of nitrogens with zero attached hydrogens (tertiary/aromatic N) is 3. The summed E-state index contributed by atoms with van der Waals surface area (Å²) in [6.07, 6.45) is 6.02. The molecule has 1 amide bonds. The van der Waals surface area contributed by atoms with E-state index in [9.17, 15) is 4.79 Å². The second kappa shape index (κ2) is 6.44. The van der Waals surface area contributed by atoms with E-state index in [0.717, 1.165) is 5.01 Å². The summed E-state index contributed by atoms with van der Waals surface area (Å²) in [6.45, 7) is 3.18. The zero-order chi connectivity index (χ0) is 13.7. The molecule has 0 spiro atoms. The molecule has 102 valence electrons. The third-order valence-electron chi connectivity index (χ3n) is 2.56. The minimum atomic E-state index is -0.146. The lowest BCUT2D eigenvalue weighted by atomic mass is 10.3. The van der Waals surface area contributed by atoms with Crippen molar-refractivity contribution in [3.8, 4) is 0 Å². The second-order valence-electron chi connectivity index (χ2n) is 4.30. The molecule has 0 saturated heterocycles. The number of thiazole rings is 1. The van der Waals surface area contributed by atoms with Gasteiger partial charge in [-0.15, -0.1) is 11.3 Å². The van der Waals surface area contributed by atoms with Crippen molar-refractivity contribution < 1.29 is 4.79 Å². The SMILES string of the molecule is CC(Cn1ccnc1)NC(=O)c1csc(CCN)n1. The Kier molecular flexibility index (Phi) is 4.64. The summed E-state index contributed by atoms with van der Waals surface area (Å²) in [5, 5.41) is 5.58. The molecule has 2 heterocycles. The van der Waals surface area contributed by atoms with E-state index in [-0.39, 0.29) is 11.9 Å². The Hall–Kier alpha value is -1.73. The maximum Gasteiger partial charge on any atom is 0.271 e. The van der Waals surface area contributed by atoms with E-state index in [1.807, 2.05) is 17.7 Å². The van der Waals surface area contributed by atoms with Gasteiger partial charge in [0, 0.05) is 36.8 Å². The van der Waals surface area contributed by atoms with E-state index in [2.05, 4.69) is 15.3 Å². The monoisotopic (exact) mass is 279 g/mol. The lowest BCUT2D eigenvalue weighted by Gasteiger charge is -2.13. The Balaban J connectivity index is 1.88. The minimum Gasteiger partial charge on any atom is -0.346 e. The number of nitrogens with two attached hydrogens (primary N) is 1. The number of carbonyl (C=O) groups excluding carboxylic acids is 1. The third-order valence-corrected chi connectivity index (χ3v) is 3.47. The van der Waals surface area contributed by atoms with E-state index in [4.69, 9.17) is 5.73 Å². The van der Waals surface area contributed by atoms with Gasteiger partial charge in [0.25, 0.3) is 5.91 Å². The third kappa shape index (κ3) is 3.87. The first-order chi connectivity index (χ1) is 9.19. The Morgan fingerprint density at radius 3 is 3.16 bits per heavy atom. The van der Waals surface area contributed by atoms with Crippen LogP contribution in [0.3, 0.4) is 0 Å². The predicted octanol–water partition coefficient (Wildman–Crippen LogP) is 0.659. The van der Waals surface area contributed by atoms with Gasteiger partial charge in [-0.3, -0.25) is 4.79 Å². The number of imidazole rings is 1. The molecule has 0 aromatic carbocycles. The molecule has 2 rings (SSSR count). The van der Waals surface area contributed by atoms with E-state index in [1.54, 1.807) is 17.9 Å². The highest BCUT2D eigenvalue weighted by atomic mass is 32.1. The molecule has 0 aliphatic heterocycles. The molecule has 3 N–H and O–H groups in total. The molecular formula is C12H17N5OS. The summed E-state index contributed by atoms with van der Waals surface area (Å²) >= 11 is 1.47. The normalized spacial score (nSPS) is 12.3. The summed E-state index contributed by atoms with van der Waals surface area (Å²) in [5.74, 6) is -0.146. The van der Waals surface area contributed by atoms with Crippen LogP contribution in [0.25, 0.3) is 0 Å². The Labute approximate surface area is 115 Å². The topological polar surface area (TPSA) is 85.8 Å². The number of aromatic nitrogens is 3. The Morgan fingerprint density at radius 2 is 2.47 bits per heavy atom. The highest BCUT2D eigenvalue weighted by molar-refractivity contribution is 7.09. The van der Waals surface area contributed by atoms with E-state index < -0.39 is 0 Å². The number of nitrogens with one attached hydrogen (secondary N) is 1. The number of carbonyl (C=O) groups is 1. The second-order valence-corrected chi connectivity index (χ2v) is 5.24. The Bertz CT molecular complexity index is 522. The van der Waals surface area contributed by atoms with Crippen LogP contribution in [0, 0.1) is 0 Å². The predicted molar refractivity (Wildman–Crippen MR) is 74.0 cm³/mol. The van der Waals surface area contributed by atoms with Gasteiger partial charge in [0.15, 0.2) is 0 Å². The quantitative estimate of drug-likeness (QED) is 0.813. The summed E-state index contributed by atoms with van der Waals surface area (Å²) < 4.78 is 1.92. The van der Waals surface area contributed by atoms with Gasteiger partial charge in [0.1, 0.15) is 5.69 Å². The van der Waals surface area contributed by atoms with Crippen molar-refractivity contribution in [1.82, 2.24) is 19.9 Å². The van der Waals surface area contributed by atoms with Gasteiger partial charge in [0.2, 0.25) is 0 Å². The smallest absolute Gasteiger partial charge is 0.271 e. The molecule has 1 atom stereocenters. The van der Waals surface area contributed by atoms with Crippen molar-refractivity contribution in [2.75, 3.05) is 6.54 Å². The van der Waals surface area contributed by atoms with Crippen LogP contribution >= 0.6 is 11.3 Å². The maximum atomic E-state index is 12.0. The molecule has 0 bridgehead atoms. The largest absolute Gasteiger partial charge is 0.346 e. The maximum absolute atomic E-state index is 12.0. The van der Waals surface area contributed by atoms with Crippen LogP contribution in [0.15, 0.2) is 24.1 Å². The number of hydrogen-bond acceptors (Lipinski definition) is 5. The lowest BCUT2D eigenvalue weighted by Crippen LogP contribution is -2.35. The number of amides is 1. The fourth-order valence-corrected chi connectivity index (χ4v) is 2.50. The molecular weight excluding hydrogens is 262 g/mol. The summed E-state index contributed by atoms with van der Waals surface area (Å²) in [5.41, 5.74) is 5.92. The molecule has 19 heavy (non-hydrogen) atoms. The first-order valence-corrected chi connectivity index (χ1v) is 6.98. The molecule has 0 fully saturated rings. The lowest BCUT2D eigenvalue weighted by molar-refractivity contribution is 0.0932. The van der Waals surface area contributed by atoms with Crippen molar-refractivity contribution >= 4 is 17.2 Å². The zero-order valence-electron chi connectivity index (χ0n) is 10.7. The van der Waals surface area contributed by atoms with Crippen LogP contribution in [-0.2, 0) is 13.0 Å². The average Bonchev–Trinajstić information content (AvgIpc) is 3.00. The van der Waals surface area contributed by atoms with Gasteiger partial charge < -0.3 is 15.6 Å². The zero-order valence-corrected chi connectivity index (χ0v) is 11.6. The molecule has 0 saturated carbocycles. The summed E-state index contributed by atoms with van der Waals surface area (Å²) in [6, 6.07) is 0.0151. The standard InChI is InChI=1S/C12H17N5OS/c1-9(6-17-5-4-14-8-17)15-12(18)10-7-19-11(16-10)2-3-13/h4-5,7-9H,2-3,6,13H2,1H3,(H,15,18). The van der Waals surface area contributed by atoms with Crippen LogP contribution in [0.4, 0.5) is 0 Å². The number of rotatable bonds is 6. The van der Waals surface area contributed by atoms with Crippen molar-refractivity contribution in [1.29, 1.82) is 0 Å². The van der Waals surface area contributed by atoms with Crippen molar-refractivity contribution in [3.63, 3.8) is 0 Å². The highest BCUT2D eigenvalue weighted by Crippen LogP contribution is 2.10. The van der Waals surface area contributed by atoms with Gasteiger partial charge >= 0.3 is 0 Å². The van der Waals surface area contributed by atoms with E-state index in [0.29, 0.717) is 25.2 Å². The van der Waals surface area contributed by atoms with E-state index >= 15 is 0 Å². The highest BCUT2D eigenvalue weighted by Gasteiger charge is 2.13. The minimum absolute atomic E-state index is 0.0151. The van der Waals surface area contributed by atoms with Crippen LogP contribution in [-0.4, -0.2) is 33.0 Å². The first-order valence-electron chi connectivity index (χ1n) is 6.10. The first kappa shape index (κ1) is 13.7. The average molecular weight is 279 g/mol. The van der Waals surface area contributed by atoms with Crippen molar-refractivity contribution in [2.45, 2.75) is 25.9 Å². The molecule has 2 aromatic heterocycles. The molecule has 0 aliphatic rings. The van der Waals surface area contributed by atoms with Crippen LogP contribution < -0.4 is 11.1 Å². The molecule has 2 aromatic rings. The van der Waals surface area contributed by atoms with Gasteiger partial charge in [-0.1, -0.05) is 0 Å². The fourth-order valence-electron chi connectivity index (χ4n) is 1.71. The van der Waals surface area contributed by atoms with Gasteiger partial charge in [0.05, 0.1) is 11.3 Å².